The van der Waals surface area contributed by atoms with Gasteiger partial charge in [0.1, 0.15) is 17.7 Å². The van der Waals surface area contributed by atoms with Gasteiger partial charge < -0.3 is 0 Å². The van der Waals surface area contributed by atoms with Crippen molar-refractivity contribution in [2.24, 2.45) is 5.92 Å². The molecule has 13 heavy (non-hydrogen) atoms. The molecule has 0 radical (unpaired) electrons. The Bertz CT molecular complexity index is 391. The largest absolute Gasteiger partial charge is 0.193 e. The van der Waals surface area contributed by atoms with Crippen LogP contribution in [0.1, 0.15) is 0 Å². The van der Waals surface area contributed by atoms with Crippen LogP contribution in [0.15, 0.2) is 35.5 Å². The quantitative estimate of drug-likeness (QED) is 0.557. The van der Waals surface area contributed by atoms with Gasteiger partial charge in [-0.2, -0.15) is 15.8 Å². The normalized spacial score (nSPS) is 13.0. The number of rotatable bonds is 1. The summed E-state index contributed by atoms with van der Waals surface area (Å²) < 4.78 is 0. The average molecular weight is 167 g/mol. The SMILES string of the molecule is N#CC(C#N)=C(C#N)C1C=CC=C1. The Hall–Kier alpha value is -2.31. The third-order valence-electron chi connectivity index (χ3n) is 1.69. The molecule has 60 valence electrons. The molecule has 0 aromatic carbocycles. The molecule has 0 bridgehead atoms. The lowest BCUT2D eigenvalue weighted by Gasteiger charge is -2.00. The summed E-state index contributed by atoms with van der Waals surface area (Å²) in [5, 5.41) is 25.9. The maximum absolute atomic E-state index is 8.74. The van der Waals surface area contributed by atoms with Gasteiger partial charge in [-0.25, -0.2) is 0 Å². The summed E-state index contributed by atoms with van der Waals surface area (Å²) in [5.74, 6) is -0.209. The van der Waals surface area contributed by atoms with Gasteiger partial charge >= 0.3 is 0 Å². The highest BCUT2D eigenvalue weighted by Crippen LogP contribution is 2.21. The number of allylic oxidation sites excluding steroid dienone is 6. The summed E-state index contributed by atoms with van der Waals surface area (Å²) in [6.07, 6.45) is 7.11. The molecule has 0 aromatic rings. The Morgan fingerprint density at radius 3 is 1.85 bits per heavy atom. The molecular formula is C10H5N3. The smallest absolute Gasteiger partial charge is 0.144 e. The topological polar surface area (TPSA) is 71.4 Å². The second-order valence-corrected chi connectivity index (χ2v) is 2.42. The minimum Gasteiger partial charge on any atom is -0.193 e. The zero-order valence-corrected chi connectivity index (χ0v) is 6.73. The highest BCUT2D eigenvalue weighted by molar-refractivity contribution is 5.50. The molecular weight excluding hydrogens is 162 g/mol. The molecule has 0 aromatic heterocycles. The van der Waals surface area contributed by atoms with Crippen molar-refractivity contribution in [1.82, 2.24) is 0 Å². The standard InChI is InChI=1S/C10H5N3/c11-5-9(6-12)10(7-13)8-3-1-2-4-8/h1-4,8H. The van der Waals surface area contributed by atoms with E-state index >= 15 is 0 Å². The molecule has 0 saturated carbocycles. The van der Waals surface area contributed by atoms with Gasteiger partial charge in [0, 0.05) is 5.92 Å². The van der Waals surface area contributed by atoms with E-state index in [0.717, 1.165) is 0 Å². The highest BCUT2D eigenvalue weighted by Gasteiger charge is 2.14. The van der Waals surface area contributed by atoms with Crippen molar-refractivity contribution in [3.8, 4) is 18.2 Å². The van der Waals surface area contributed by atoms with Crippen LogP contribution in [-0.2, 0) is 0 Å². The monoisotopic (exact) mass is 167 g/mol. The zero-order valence-electron chi connectivity index (χ0n) is 6.73. The van der Waals surface area contributed by atoms with Crippen LogP contribution in [0.5, 0.6) is 0 Å². The molecule has 0 atom stereocenters. The lowest BCUT2D eigenvalue weighted by atomic mass is 9.98. The van der Waals surface area contributed by atoms with Gasteiger partial charge in [-0.3, -0.25) is 0 Å². The van der Waals surface area contributed by atoms with Gasteiger partial charge in [0.2, 0.25) is 0 Å². The van der Waals surface area contributed by atoms with Crippen LogP contribution in [0, 0.1) is 39.9 Å². The fraction of sp³-hybridized carbons (Fsp3) is 0.100. The Labute approximate surface area is 76.1 Å². The lowest BCUT2D eigenvalue weighted by Crippen LogP contribution is -1.96. The van der Waals surface area contributed by atoms with E-state index in [1.54, 1.807) is 36.4 Å². The summed E-state index contributed by atoms with van der Waals surface area (Å²) in [6, 6.07) is 5.29. The van der Waals surface area contributed by atoms with Crippen LogP contribution >= 0.6 is 0 Å². The molecule has 0 aliphatic heterocycles. The molecule has 0 amide bonds. The van der Waals surface area contributed by atoms with Crippen LogP contribution in [0.4, 0.5) is 0 Å². The second kappa shape index (κ2) is 3.90. The molecule has 1 aliphatic rings. The molecule has 0 fully saturated rings. The molecule has 0 saturated heterocycles. The van der Waals surface area contributed by atoms with E-state index in [1.165, 1.54) is 0 Å². The molecule has 3 heteroatoms. The molecule has 0 N–H and O–H groups in total. The van der Waals surface area contributed by atoms with Crippen LogP contribution in [0.25, 0.3) is 0 Å². The van der Waals surface area contributed by atoms with Crippen LogP contribution in [0.2, 0.25) is 0 Å². The van der Waals surface area contributed by atoms with E-state index in [9.17, 15) is 0 Å². The first kappa shape index (κ1) is 8.78. The van der Waals surface area contributed by atoms with E-state index in [0.29, 0.717) is 0 Å². The van der Waals surface area contributed by atoms with Gasteiger partial charge in [-0.1, -0.05) is 24.3 Å². The third kappa shape index (κ3) is 1.64. The summed E-state index contributed by atoms with van der Waals surface area (Å²) >= 11 is 0. The van der Waals surface area contributed by atoms with E-state index in [-0.39, 0.29) is 17.1 Å². The zero-order chi connectivity index (χ0) is 9.68. The predicted octanol–water partition coefficient (Wildman–Crippen LogP) is 1.60. The van der Waals surface area contributed by atoms with E-state index < -0.39 is 0 Å². The molecule has 1 aliphatic carbocycles. The molecule has 1 rings (SSSR count). The molecule has 3 nitrogen and oxygen atoms in total. The van der Waals surface area contributed by atoms with Gasteiger partial charge in [-0.05, 0) is 0 Å². The van der Waals surface area contributed by atoms with E-state index in [1.807, 2.05) is 6.07 Å². The van der Waals surface area contributed by atoms with Crippen LogP contribution in [-0.4, -0.2) is 0 Å². The predicted molar refractivity (Wildman–Crippen MR) is 45.6 cm³/mol. The maximum atomic E-state index is 8.74. The molecule has 0 heterocycles. The average Bonchev–Trinajstić information content (AvgIpc) is 2.66. The van der Waals surface area contributed by atoms with Crippen molar-refractivity contribution in [2.75, 3.05) is 0 Å². The summed E-state index contributed by atoms with van der Waals surface area (Å²) in [4.78, 5) is 0. The van der Waals surface area contributed by atoms with E-state index in [2.05, 4.69) is 0 Å². The number of hydrogen-bond donors (Lipinski definition) is 0. The second-order valence-electron chi connectivity index (χ2n) is 2.42. The van der Waals surface area contributed by atoms with Gasteiger partial charge in [0.15, 0.2) is 0 Å². The third-order valence-corrected chi connectivity index (χ3v) is 1.69. The Morgan fingerprint density at radius 2 is 1.46 bits per heavy atom. The Kier molecular flexibility index (Phi) is 2.64. The van der Waals surface area contributed by atoms with Crippen LogP contribution < -0.4 is 0 Å². The van der Waals surface area contributed by atoms with Gasteiger partial charge in [0.25, 0.3) is 0 Å². The first-order valence-corrected chi connectivity index (χ1v) is 3.63. The Morgan fingerprint density at radius 1 is 0.923 bits per heavy atom. The first-order chi connectivity index (χ1) is 6.33. The highest BCUT2D eigenvalue weighted by atomic mass is 14.3. The van der Waals surface area contributed by atoms with Crippen molar-refractivity contribution in [3.63, 3.8) is 0 Å². The first-order valence-electron chi connectivity index (χ1n) is 3.63. The summed E-state index contributed by atoms with van der Waals surface area (Å²) in [7, 11) is 0. The number of hydrogen-bond acceptors (Lipinski definition) is 3. The van der Waals surface area contributed by atoms with Crippen molar-refractivity contribution >= 4 is 0 Å². The summed E-state index contributed by atoms with van der Waals surface area (Å²) in [6.45, 7) is 0. The van der Waals surface area contributed by atoms with Crippen molar-refractivity contribution in [1.29, 1.82) is 15.8 Å². The van der Waals surface area contributed by atoms with E-state index in [4.69, 9.17) is 15.8 Å². The molecule has 0 unspecified atom stereocenters. The number of nitrogens with zero attached hydrogens (tertiary/aromatic N) is 3. The van der Waals surface area contributed by atoms with Crippen molar-refractivity contribution in [3.05, 3.63) is 35.5 Å². The minimum atomic E-state index is -0.209. The Balaban J connectivity index is 3.14. The van der Waals surface area contributed by atoms with Crippen molar-refractivity contribution < 1.29 is 0 Å². The minimum absolute atomic E-state index is 0.108. The van der Waals surface area contributed by atoms with Gasteiger partial charge in [-0.15, -0.1) is 0 Å². The fourth-order valence-corrected chi connectivity index (χ4v) is 1.07. The fourth-order valence-electron chi connectivity index (χ4n) is 1.07. The number of nitriles is 3. The van der Waals surface area contributed by atoms with Crippen LogP contribution in [0.3, 0.4) is 0 Å². The molecule has 0 spiro atoms. The lowest BCUT2D eigenvalue weighted by molar-refractivity contribution is 1.02. The maximum Gasteiger partial charge on any atom is 0.144 e. The van der Waals surface area contributed by atoms with Gasteiger partial charge in [0.05, 0.1) is 11.6 Å². The van der Waals surface area contributed by atoms with Crippen molar-refractivity contribution in [2.45, 2.75) is 0 Å². The summed E-state index contributed by atoms with van der Waals surface area (Å²) in [5.41, 5.74) is 0.110.